The van der Waals surface area contributed by atoms with Crippen molar-refractivity contribution < 1.29 is 0 Å². The molecule has 0 saturated carbocycles. The first-order chi connectivity index (χ1) is 9.74. The van der Waals surface area contributed by atoms with Crippen molar-refractivity contribution in [3.63, 3.8) is 0 Å². The second kappa shape index (κ2) is 5.54. The van der Waals surface area contributed by atoms with Gasteiger partial charge in [0.25, 0.3) is 0 Å². The molecule has 102 valence electrons. The first-order valence-corrected chi connectivity index (χ1v) is 7.46. The Morgan fingerprint density at radius 2 is 2.05 bits per heavy atom. The molecule has 0 aliphatic carbocycles. The third kappa shape index (κ3) is 2.63. The molecule has 0 bridgehead atoms. The molecule has 0 aliphatic heterocycles. The lowest BCUT2D eigenvalue weighted by Gasteiger charge is -2.15. The molecule has 1 unspecified atom stereocenters. The minimum Gasteiger partial charge on any atom is -0.310 e. The van der Waals surface area contributed by atoms with E-state index < -0.39 is 0 Å². The number of thiazole rings is 1. The van der Waals surface area contributed by atoms with Gasteiger partial charge in [0.1, 0.15) is 17.2 Å². The molecule has 0 amide bonds. The Balaban J connectivity index is 1.86. The molecule has 0 fully saturated rings. The van der Waals surface area contributed by atoms with Crippen LogP contribution in [-0.2, 0) is 6.42 Å². The largest absolute Gasteiger partial charge is 0.310 e. The highest BCUT2D eigenvalue weighted by Crippen LogP contribution is 2.20. The summed E-state index contributed by atoms with van der Waals surface area (Å²) in [7, 11) is 0. The van der Waals surface area contributed by atoms with Gasteiger partial charge in [-0.25, -0.2) is 4.98 Å². The Bertz CT molecular complexity index is 687. The molecule has 1 atom stereocenters. The molecule has 4 nitrogen and oxygen atoms in total. The van der Waals surface area contributed by atoms with Crippen molar-refractivity contribution in [2.45, 2.75) is 26.3 Å². The summed E-state index contributed by atoms with van der Waals surface area (Å²) in [5.41, 5.74) is 2.32. The summed E-state index contributed by atoms with van der Waals surface area (Å²) in [4.78, 5) is 4.50. The average molecular weight is 284 g/mol. The van der Waals surface area contributed by atoms with Gasteiger partial charge < -0.3 is 4.57 Å². The minimum absolute atomic E-state index is 0.224. The van der Waals surface area contributed by atoms with E-state index in [2.05, 4.69) is 56.3 Å². The van der Waals surface area contributed by atoms with E-state index in [1.807, 2.05) is 13.0 Å². The van der Waals surface area contributed by atoms with Crippen molar-refractivity contribution in [1.82, 2.24) is 19.7 Å². The van der Waals surface area contributed by atoms with Crippen LogP contribution in [0.3, 0.4) is 0 Å². The van der Waals surface area contributed by atoms with Gasteiger partial charge in [-0.3, -0.25) is 0 Å². The van der Waals surface area contributed by atoms with Gasteiger partial charge in [-0.15, -0.1) is 21.5 Å². The summed E-state index contributed by atoms with van der Waals surface area (Å²) in [6.45, 7) is 4.17. The molecule has 2 aromatic heterocycles. The first-order valence-electron chi connectivity index (χ1n) is 6.58. The second-order valence-electron chi connectivity index (χ2n) is 4.80. The fourth-order valence-corrected chi connectivity index (χ4v) is 3.00. The van der Waals surface area contributed by atoms with Gasteiger partial charge in [0.15, 0.2) is 0 Å². The van der Waals surface area contributed by atoms with Crippen LogP contribution >= 0.6 is 11.3 Å². The molecule has 5 heteroatoms. The highest BCUT2D eigenvalue weighted by molar-refractivity contribution is 7.09. The maximum absolute atomic E-state index is 4.50. The van der Waals surface area contributed by atoms with Crippen LogP contribution < -0.4 is 0 Å². The Morgan fingerprint density at radius 1 is 1.25 bits per heavy atom. The van der Waals surface area contributed by atoms with Crippen molar-refractivity contribution >= 4 is 11.3 Å². The second-order valence-corrected chi connectivity index (χ2v) is 5.74. The van der Waals surface area contributed by atoms with Gasteiger partial charge in [0, 0.05) is 11.1 Å². The van der Waals surface area contributed by atoms with Crippen LogP contribution in [0.5, 0.6) is 0 Å². The molecule has 3 rings (SSSR count). The smallest absolute Gasteiger partial charge is 0.140 e. The number of benzene rings is 1. The van der Waals surface area contributed by atoms with Crippen molar-refractivity contribution in [3.8, 4) is 0 Å². The van der Waals surface area contributed by atoms with Gasteiger partial charge in [0.05, 0.1) is 12.5 Å². The van der Waals surface area contributed by atoms with E-state index in [1.165, 1.54) is 5.56 Å². The van der Waals surface area contributed by atoms with Gasteiger partial charge in [0.2, 0.25) is 0 Å². The number of aromatic nitrogens is 4. The lowest BCUT2D eigenvalue weighted by molar-refractivity contribution is 0.608. The monoisotopic (exact) mass is 284 g/mol. The fraction of sp³-hybridized carbons (Fsp3) is 0.267. The molecule has 3 aromatic rings. The van der Waals surface area contributed by atoms with Crippen molar-refractivity contribution in [1.29, 1.82) is 0 Å². The van der Waals surface area contributed by atoms with Gasteiger partial charge in [-0.1, -0.05) is 30.3 Å². The van der Waals surface area contributed by atoms with Crippen LogP contribution in [0.4, 0.5) is 0 Å². The maximum Gasteiger partial charge on any atom is 0.140 e. The van der Waals surface area contributed by atoms with Crippen LogP contribution in [0.15, 0.2) is 42.0 Å². The molecule has 1 aromatic carbocycles. The molecule has 0 saturated heterocycles. The molecule has 20 heavy (non-hydrogen) atoms. The number of hydrogen-bond acceptors (Lipinski definition) is 4. The van der Waals surface area contributed by atoms with Gasteiger partial charge >= 0.3 is 0 Å². The first kappa shape index (κ1) is 13.0. The summed E-state index contributed by atoms with van der Waals surface area (Å²) >= 11 is 1.67. The van der Waals surface area contributed by atoms with Gasteiger partial charge in [-0.2, -0.15) is 0 Å². The lowest BCUT2D eigenvalue weighted by Crippen LogP contribution is -2.10. The predicted molar refractivity (Wildman–Crippen MR) is 79.9 cm³/mol. The van der Waals surface area contributed by atoms with Crippen LogP contribution in [0.2, 0.25) is 0 Å². The third-order valence-corrected chi connectivity index (χ3v) is 4.29. The zero-order chi connectivity index (χ0) is 13.9. The van der Waals surface area contributed by atoms with Crippen LogP contribution in [0.1, 0.15) is 35.1 Å². The van der Waals surface area contributed by atoms with Crippen molar-refractivity contribution in [2.24, 2.45) is 0 Å². The van der Waals surface area contributed by atoms with E-state index in [9.17, 15) is 0 Å². The quantitative estimate of drug-likeness (QED) is 0.738. The zero-order valence-electron chi connectivity index (χ0n) is 11.5. The molecule has 0 radical (unpaired) electrons. The van der Waals surface area contributed by atoms with Crippen LogP contribution in [-0.4, -0.2) is 19.7 Å². The Hall–Kier alpha value is -2.01. The van der Waals surface area contributed by atoms with E-state index in [1.54, 1.807) is 17.7 Å². The third-order valence-electron chi connectivity index (χ3n) is 3.32. The predicted octanol–water partition coefficient (Wildman–Crippen LogP) is 3.24. The van der Waals surface area contributed by atoms with Crippen LogP contribution in [0.25, 0.3) is 0 Å². The van der Waals surface area contributed by atoms with E-state index >= 15 is 0 Å². The van der Waals surface area contributed by atoms with Crippen molar-refractivity contribution in [3.05, 3.63) is 64.1 Å². The lowest BCUT2D eigenvalue weighted by atomic mass is 10.1. The number of rotatable bonds is 4. The highest BCUT2D eigenvalue weighted by Gasteiger charge is 2.14. The fourth-order valence-electron chi connectivity index (χ4n) is 2.23. The number of aryl methyl sites for hydroxylation is 1. The summed E-state index contributed by atoms with van der Waals surface area (Å²) in [6.07, 6.45) is 2.53. The normalized spacial score (nSPS) is 12.5. The molecule has 0 aliphatic rings. The molecule has 0 spiro atoms. The maximum atomic E-state index is 4.50. The average Bonchev–Trinajstić information content (AvgIpc) is 3.09. The SMILES string of the molecule is Cc1csc(Cc2nncn2C(C)c2ccccc2)n1. The van der Waals surface area contributed by atoms with Crippen molar-refractivity contribution in [2.75, 3.05) is 0 Å². The molecular weight excluding hydrogens is 268 g/mol. The summed E-state index contributed by atoms with van der Waals surface area (Å²) in [5, 5.41) is 11.5. The van der Waals surface area contributed by atoms with E-state index in [4.69, 9.17) is 0 Å². The van der Waals surface area contributed by atoms with Crippen LogP contribution in [0, 0.1) is 6.92 Å². The standard InChI is InChI=1S/C15H16N4S/c1-11-9-20-15(17-11)8-14-18-16-10-19(14)12(2)13-6-4-3-5-7-13/h3-7,9-10,12H,8H2,1-2H3. The molecular formula is C15H16N4S. The van der Waals surface area contributed by atoms with E-state index in [-0.39, 0.29) is 6.04 Å². The topological polar surface area (TPSA) is 43.6 Å². The zero-order valence-corrected chi connectivity index (χ0v) is 12.3. The van der Waals surface area contributed by atoms with E-state index in [0.717, 1.165) is 22.9 Å². The highest BCUT2D eigenvalue weighted by atomic mass is 32.1. The Kier molecular flexibility index (Phi) is 3.60. The Labute approximate surface area is 122 Å². The summed E-state index contributed by atoms with van der Waals surface area (Å²) in [6, 6.07) is 10.6. The molecule has 2 heterocycles. The van der Waals surface area contributed by atoms with E-state index in [0.29, 0.717) is 0 Å². The Morgan fingerprint density at radius 3 is 2.75 bits per heavy atom. The molecule has 0 N–H and O–H groups in total. The number of nitrogens with zero attached hydrogens (tertiary/aromatic N) is 4. The number of hydrogen-bond donors (Lipinski definition) is 0. The van der Waals surface area contributed by atoms with Gasteiger partial charge in [-0.05, 0) is 19.4 Å². The summed E-state index contributed by atoms with van der Waals surface area (Å²) < 4.78 is 2.12. The summed E-state index contributed by atoms with van der Waals surface area (Å²) in [5.74, 6) is 0.954. The minimum atomic E-state index is 0.224.